The minimum absolute atomic E-state index is 0.0325. The van der Waals surface area contributed by atoms with Crippen LogP contribution in [0, 0.1) is 10.1 Å². The van der Waals surface area contributed by atoms with Gasteiger partial charge in [-0.25, -0.2) is 4.98 Å². The van der Waals surface area contributed by atoms with Crippen molar-refractivity contribution in [2.75, 3.05) is 36.4 Å². The van der Waals surface area contributed by atoms with Gasteiger partial charge in [-0.1, -0.05) is 6.92 Å². The molecule has 1 amide bonds. The molecule has 1 aliphatic carbocycles. The third-order valence-corrected chi connectivity index (χ3v) is 6.82. The summed E-state index contributed by atoms with van der Waals surface area (Å²) < 4.78 is 46.0. The van der Waals surface area contributed by atoms with Crippen LogP contribution in [-0.2, 0) is 11.0 Å². The Morgan fingerprint density at radius 2 is 1.84 bits per heavy atom. The van der Waals surface area contributed by atoms with Gasteiger partial charge in [0.1, 0.15) is 17.1 Å². The topological polar surface area (TPSA) is 101 Å². The third-order valence-electron chi connectivity index (χ3n) is 6.82. The van der Waals surface area contributed by atoms with Crippen LogP contribution in [0.1, 0.15) is 44.6 Å². The number of carbonyl (C=O) groups is 1. The Labute approximate surface area is 212 Å². The van der Waals surface area contributed by atoms with Crippen molar-refractivity contribution < 1.29 is 27.6 Å². The van der Waals surface area contributed by atoms with Crippen molar-refractivity contribution in [1.29, 1.82) is 0 Å². The predicted octanol–water partition coefficient (Wildman–Crippen LogP) is 4.87. The highest BCUT2D eigenvalue weighted by molar-refractivity contribution is 5.76. The second-order valence-corrected chi connectivity index (χ2v) is 9.29. The summed E-state index contributed by atoms with van der Waals surface area (Å²) in [4.78, 5) is 30.3. The van der Waals surface area contributed by atoms with Gasteiger partial charge in [0.05, 0.1) is 11.0 Å². The molecule has 1 aliphatic heterocycles. The first-order valence-corrected chi connectivity index (χ1v) is 12.4. The SMILES string of the molecule is CCC(=O)N1CCN(c2cc(OC3CCC(Nc4ccc([N+](=O)[O-])c(C(F)(F)F)c4)CC3)ccn2)CC1. The maximum atomic E-state index is 13.3. The Bertz CT molecular complexity index is 1110. The van der Waals surface area contributed by atoms with Crippen molar-refractivity contribution in [3.63, 3.8) is 0 Å². The van der Waals surface area contributed by atoms with Gasteiger partial charge >= 0.3 is 6.18 Å². The Morgan fingerprint density at radius 1 is 1.14 bits per heavy atom. The van der Waals surface area contributed by atoms with Crippen LogP contribution in [0.3, 0.4) is 0 Å². The molecule has 12 heteroatoms. The number of benzene rings is 1. The molecule has 1 saturated heterocycles. The molecule has 1 N–H and O–H groups in total. The molecule has 1 saturated carbocycles. The zero-order chi connectivity index (χ0) is 26.6. The number of rotatable bonds is 7. The number of nitrogens with one attached hydrogen (secondary N) is 1. The van der Waals surface area contributed by atoms with Crippen molar-refractivity contribution in [3.8, 4) is 5.75 Å². The Morgan fingerprint density at radius 3 is 2.46 bits per heavy atom. The van der Waals surface area contributed by atoms with E-state index in [2.05, 4.69) is 15.2 Å². The summed E-state index contributed by atoms with van der Waals surface area (Å²) in [6.07, 6.45) is 0.169. The molecule has 2 aliphatic rings. The van der Waals surface area contributed by atoms with E-state index in [0.29, 0.717) is 64.0 Å². The van der Waals surface area contributed by atoms with Gasteiger partial charge < -0.3 is 19.9 Å². The molecule has 0 unspecified atom stereocenters. The molecule has 4 rings (SSSR count). The van der Waals surface area contributed by atoms with Gasteiger partial charge in [-0.05, 0) is 43.9 Å². The predicted molar refractivity (Wildman–Crippen MR) is 132 cm³/mol. The van der Waals surface area contributed by atoms with Gasteiger partial charge in [0.15, 0.2) is 0 Å². The zero-order valence-electron chi connectivity index (χ0n) is 20.5. The number of alkyl halides is 3. The summed E-state index contributed by atoms with van der Waals surface area (Å²) in [5.74, 6) is 1.66. The molecule has 1 aromatic heterocycles. The van der Waals surface area contributed by atoms with Crippen LogP contribution < -0.4 is 15.0 Å². The highest BCUT2D eigenvalue weighted by Crippen LogP contribution is 2.38. The lowest BCUT2D eigenvalue weighted by atomic mass is 9.92. The number of hydrogen-bond acceptors (Lipinski definition) is 7. The lowest BCUT2D eigenvalue weighted by Gasteiger charge is -2.35. The summed E-state index contributed by atoms with van der Waals surface area (Å²) in [7, 11) is 0. The Balaban J connectivity index is 1.30. The molecular formula is C25H30F3N5O4. The van der Waals surface area contributed by atoms with E-state index in [1.165, 1.54) is 6.07 Å². The van der Waals surface area contributed by atoms with Gasteiger partial charge in [0.2, 0.25) is 5.91 Å². The van der Waals surface area contributed by atoms with Crippen molar-refractivity contribution >= 4 is 23.1 Å². The minimum atomic E-state index is -4.81. The average Bonchev–Trinajstić information content (AvgIpc) is 2.89. The minimum Gasteiger partial charge on any atom is -0.490 e. The fourth-order valence-electron chi connectivity index (χ4n) is 4.82. The molecule has 2 aromatic rings. The molecule has 200 valence electrons. The number of nitro groups is 1. The van der Waals surface area contributed by atoms with E-state index in [0.717, 1.165) is 18.0 Å². The van der Waals surface area contributed by atoms with Gasteiger partial charge in [-0.3, -0.25) is 14.9 Å². The van der Waals surface area contributed by atoms with E-state index in [-0.39, 0.29) is 23.7 Å². The summed E-state index contributed by atoms with van der Waals surface area (Å²) >= 11 is 0. The van der Waals surface area contributed by atoms with Gasteiger partial charge in [-0.2, -0.15) is 13.2 Å². The maximum Gasteiger partial charge on any atom is 0.423 e. The maximum absolute atomic E-state index is 13.3. The molecule has 37 heavy (non-hydrogen) atoms. The molecule has 0 spiro atoms. The largest absolute Gasteiger partial charge is 0.490 e. The van der Waals surface area contributed by atoms with E-state index in [4.69, 9.17) is 4.74 Å². The first-order valence-electron chi connectivity index (χ1n) is 12.4. The average molecular weight is 522 g/mol. The van der Waals surface area contributed by atoms with Crippen LogP contribution in [0.25, 0.3) is 0 Å². The number of halogens is 3. The normalized spacial score (nSPS) is 20.4. The van der Waals surface area contributed by atoms with Gasteiger partial charge in [-0.15, -0.1) is 0 Å². The van der Waals surface area contributed by atoms with E-state index >= 15 is 0 Å². The lowest BCUT2D eigenvalue weighted by Crippen LogP contribution is -2.48. The fraction of sp³-hybridized carbons (Fsp3) is 0.520. The fourth-order valence-corrected chi connectivity index (χ4v) is 4.82. The van der Waals surface area contributed by atoms with Crippen LogP contribution in [-0.4, -0.2) is 59.0 Å². The smallest absolute Gasteiger partial charge is 0.423 e. The second-order valence-electron chi connectivity index (χ2n) is 9.29. The van der Waals surface area contributed by atoms with Crippen molar-refractivity contribution in [2.24, 2.45) is 0 Å². The number of hydrogen-bond donors (Lipinski definition) is 1. The quantitative estimate of drug-likeness (QED) is 0.410. The molecule has 0 bridgehead atoms. The van der Waals surface area contributed by atoms with Crippen molar-refractivity contribution in [1.82, 2.24) is 9.88 Å². The molecule has 1 aromatic carbocycles. The van der Waals surface area contributed by atoms with Crippen LogP contribution in [0.4, 0.5) is 30.4 Å². The second kappa shape index (κ2) is 11.2. The van der Waals surface area contributed by atoms with E-state index in [9.17, 15) is 28.1 Å². The number of ether oxygens (including phenoxy) is 1. The highest BCUT2D eigenvalue weighted by Gasteiger charge is 2.38. The van der Waals surface area contributed by atoms with E-state index < -0.39 is 22.4 Å². The summed E-state index contributed by atoms with van der Waals surface area (Å²) in [6.45, 7) is 4.60. The molecule has 9 nitrogen and oxygen atoms in total. The molecular weight excluding hydrogens is 491 g/mol. The van der Waals surface area contributed by atoms with Crippen LogP contribution >= 0.6 is 0 Å². The zero-order valence-corrected chi connectivity index (χ0v) is 20.5. The Kier molecular flexibility index (Phi) is 8.03. The van der Waals surface area contributed by atoms with Gasteiger partial charge in [0, 0.05) is 62.7 Å². The number of carbonyl (C=O) groups excluding carboxylic acids is 1. The molecule has 0 radical (unpaired) electrons. The summed E-state index contributed by atoms with van der Waals surface area (Å²) in [6, 6.07) is 6.65. The highest BCUT2D eigenvalue weighted by atomic mass is 19.4. The van der Waals surface area contributed by atoms with Crippen molar-refractivity contribution in [2.45, 2.75) is 57.3 Å². The van der Waals surface area contributed by atoms with Crippen LogP contribution in [0.2, 0.25) is 0 Å². The number of aromatic nitrogens is 1. The summed E-state index contributed by atoms with van der Waals surface area (Å²) in [5.41, 5.74) is -2.00. The number of piperazine rings is 1. The van der Waals surface area contributed by atoms with Gasteiger partial charge in [0.25, 0.3) is 5.69 Å². The van der Waals surface area contributed by atoms with Crippen molar-refractivity contribution in [3.05, 3.63) is 52.2 Å². The monoisotopic (exact) mass is 521 g/mol. The first kappa shape index (κ1) is 26.5. The van der Waals surface area contributed by atoms with Crippen LogP contribution in [0.15, 0.2) is 36.5 Å². The van der Waals surface area contributed by atoms with E-state index in [1.54, 1.807) is 12.3 Å². The van der Waals surface area contributed by atoms with E-state index in [1.807, 2.05) is 17.9 Å². The standard InChI is InChI=1S/C25H30F3N5O4/c1-2-24(34)32-13-11-31(12-14-32)23-16-20(9-10-29-23)37-19-6-3-17(4-7-19)30-18-5-8-22(33(35)36)21(15-18)25(26,27)28/h5,8-10,15-17,19,30H,2-4,6-7,11-14H2,1H3. The molecule has 0 atom stereocenters. The number of nitrogens with zero attached hydrogens (tertiary/aromatic N) is 4. The number of amides is 1. The Hall–Kier alpha value is -3.57. The number of anilines is 2. The number of pyridine rings is 1. The number of nitro benzene ring substituents is 1. The molecule has 2 fully saturated rings. The first-order chi connectivity index (χ1) is 17.6. The molecule has 2 heterocycles. The summed E-state index contributed by atoms with van der Waals surface area (Å²) in [5, 5.41) is 14.1. The van der Waals surface area contributed by atoms with Crippen LogP contribution in [0.5, 0.6) is 5.75 Å². The lowest BCUT2D eigenvalue weighted by molar-refractivity contribution is -0.388. The third kappa shape index (κ3) is 6.60.